The Morgan fingerprint density at radius 3 is 0.811 bits per heavy atom. The molecule has 0 fully saturated rings. The van der Waals surface area contributed by atoms with Crippen LogP contribution in [0.15, 0.2) is 36.5 Å². The quantitative estimate of drug-likeness (QED) is 0.0261. The second-order valence-corrected chi connectivity index (χ2v) is 22.4. The first-order chi connectivity index (χ1) is 36.5. The minimum Gasteiger partial charge on any atom is -0.462 e. The molecule has 0 bridgehead atoms. The number of carbonyl (C=O) groups is 3. The summed E-state index contributed by atoms with van der Waals surface area (Å²) in [6.07, 6.45) is 77.4. The van der Waals surface area contributed by atoms with Crippen LogP contribution in [-0.4, -0.2) is 37.2 Å². The van der Waals surface area contributed by atoms with E-state index in [0.29, 0.717) is 19.3 Å². The molecule has 0 amide bonds. The molecule has 0 heterocycles. The van der Waals surface area contributed by atoms with E-state index in [4.69, 9.17) is 14.2 Å². The lowest BCUT2D eigenvalue weighted by molar-refractivity contribution is -0.167. The molecule has 0 aromatic rings. The minimum absolute atomic E-state index is 0.0708. The SMILES string of the molecule is CCC/C=C\CCCCCCCC(=O)OCC(COC(=O)CCCCCCCCCCCCCCC/C=C\C/C=C\CCCCCCC)OC(=O)CCCCCCCCCCCCCCCCCCCCCCC. The van der Waals surface area contributed by atoms with E-state index < -0.39 is 6.10 Å². The van der Waals surface area contributed by atoms with Crippen LogP contribution in [0.3, 0.4) is 0 Å². The first-order valence-electron chi connectivity index (χ1n) is 33.0. The summed E-state index contributed by atoms with van der Waals surface area (Å²) in [5.74, 6) is -0.859. The normalized spacial score (nSPS) is 12.2. The molecular formula is C68H126O6. The first kappa shape index (κ1) is 71.6. The summed E-state index contributed by atoms with van der Waals surface area (Å²) in [6.45, 7) is 6.62. The van der Waals surface area contributed by atoms with Crippen LogP contribution >= 0.6 is 0 Å². The largest absolute Gasteiger partial charge is 0.462 e. The zero-order chi connectivity index (χ0) is 53.6. The number of hydrogen-bond donors (Lipinski definition) is 0. The smallest absolute Gasteiger partial charge is 0.306 e. The maximum atomic E-state index is 12.9. The summed E-state index contributed by atoms with van der Waals surface area (Å²) in [5.41, 5.74) is 0. The molecule has 6 heteroatoms. The van der Waals surface area contributed by atoms with Crippen molar-refractivity contribution in [2.75, 3.05) is 13.2 Å². The molecule has 434 valence electrons. The molecule has 6 nitrogen and oxygen atoms in total. The zero-order valence-electron chi connectivity index (χ0n) is 49.9. The van der Waals surface area contributed by atoms with Crippen molar-refractivity contribution in [3.05, 3.63) is 36.5 Å². The van der Waals surface area contributed by atoms with Gasteiger partial charge in [-0.15, -0.1) is 0 Å². The fourth-order valence-electron chi connectivity index (χ4n) is 9.89. The summed E-state index contributed by atoms with van der Waals surface area (Å²) < 4.78 is 16.9. The van der Waals surface area contributed by atoms with Crippen LogP contribution in [-0.2, 0) is 28.6 Å². The standard InChI is InChI=1S/C68H126O6/c1-4-7-10-13-16-19-22-24-26-28-30-32-33-34-35-37-38-40-42-44-46-49-52-55-58-61-67(70)73-64-65(63-72-66(69)60-57-54-51-48-21-18-15-12-9-6-3)74-68(71)62-59-56-53-50-47-45-43-41-39-36-31-29-27-25-23-20-17-14-11-8-5-2/h12,15,22,24,28,30,65H,4-11,13-14,16-21,23,25-27,29,31-64H2,1-3H3/b15-12-,24-22-,30-28-. The summed E-state index contributed by atoms with van der Waals surface area (Å²) >= 11 is 0. The van der Waals surface area contributed by atoms with Crippen LogP contribution in [0.1, 0.15) is 361 Å². The number of carbonyl (C=O) groups excluding carboxylic acids is 3. The Hall–Kier alpha value is -2.37. The van der Waals surface area contributed by atoms with Gasteiger partial charge >= 0.3 is 17.9 Å². The fraction of sp³-hybridized carbons (Fsp3) is 0.868. The molecule has 74 heavy (non-hydrogen) atoms. The van der Waals surface area contributed by atoms with Crippen molar-refractivity contribution in [1.82, 2.24) is 0 Å². The lowest BCUT2D eigenvalue weighted by atomic mass is 10.0. The second kappa shape index (κ2) is 63.2. The van der Waals surface area contributed by atoms with Gasteiger partial charge in [-0.3, -0.25) is 14.4 Å². The molecular weight excluding hydrogens is 913 g/mol. The van der Waals surface area contributed by atoms with Gasteiger partial charge in [0.2, 0.25) is 0 Å². The monoisotopic (exact) mass is 1040 g/mol. The number of hydrogen-bond acceptors (Lipinski definition) is 6. The van der Waals surface area contributed by atoms with E-state index in [0.717, 1.165) is 77.0 Å². The molecule has 0 saturated heterocycles. The first-order valence-corrected chi connectivity index (χ1v) is 33.0. The summed E-state index contributed by atoms with van der Waals surface area (Å²) in [6, 6.07) is 0. The van der Waals surface area contributed by atoms with Crippen molar-refractivity contribution in [2.24, 2.45) is 0 Å². The van der Waals surface area contributed by atoms with E-state index in [2.05, 4.69) is 57.2 Å². The lowest BCUT2D eigenvalue weighted by Crippen LogP contribution is -2.30. The Kier molecular flexibility index (Phi) is 61.1. The van der Waals surface area contributed by atoms with Crippen molar-refractivity contribution >= 4 is 17.9 Å². The highest BCUT2D eigenvalue weighted by Crippen LogP contribution is 2.18. The van der Waals surface area contributed by atoms with Crippen molar-refractivity contribution in [1.29, 1.82) is 0 Å². The van der Waals surface area contributed by atoms with Crippen LogP contribution in [0.4, 0.5) is 0 Å². The van der Waals surface area contributed by atoms with E-state index in [-0.39, 0.29) is 31.1 Å². The number of rotatable bonds is 61. The van der Waals surface area contributed by atoms with Gasteiger partial charge in [0.25, 0.3) is 0 Å². The van der Waals surface area contributed by atoms with Gasteiger partial charge in [0.05, 0.1) is 0 Å². The number of unbranched alkanes of at least 4 members (excludes halogenated alkanes) is 44. The van der Waals surface area contributed by atoms with E-state index in [9.17, 15) is 14.4 Å². The lowest BCUT2D eigenvalue weighted by Gasteiger charge is -2.18. The predicted octanol–water partition coefficient (Wildman–Crippen LogP) is 22.4. The Morgan fingerprint density at radius 1 is 0.270 bits per heavy atom. The third-order valence-electron chi connectivity index (χ3n) is 14.8. The van der Waals surface area contributed by atoms with Crippen molar-refractivity contribution in [2.45, 2.75) is 367 Å². The Morgan fingerprint density at radius 2 is 0.514 bits per heavy atom. The Labute approximate surface area is 461 Å². The molecule has 0 aliphatic heterocycles. The highest BCUT2D eigenvalue weighted by molar-refractivity contribution is 5.71. The summed E-state index contributed by atoms with van der Waals surface area (Å²) in [5, 5.41) is 0. The van der Waals surface area contributed by atoms with Gasteiger partial charge < -0.3 is 14.2 Å². The topological polar surface area (TPSA) is 78.9 Å². The van der Waals surface area contributed by atoms with Gasteiger partial charge in [-0.2, -0.15) is 0 Å². The van der Waals surface area contributed by atoms with Crippen molar-refractivity contribution in [3.8, 4) is 0 Å². The average Bonchev–Trinajstić information content (AvgIpc) is 3.40. The molecule has 0 saturated carbocycles. The van der Waals surface area contributed by atoms with Gasteiger partial charge in [-0.25, -0.2) is 0 Å². The Bertz CT molecular complexity index is 1240. The molecule has 0 rings (SSSR count). The van der Waals surface area contributed by atoms with Crippen LogP contribution in [0.5, 0.6) is 0 Å². The molecule has 0 N–H and O–H groups in total. The number of esters is 3. The maximum Gasteiger partial charge on any atom is 0.306 e. The number of ether oxygens (including phenoxy) is 3. The molecule has 0 aromatic carbocycles. The molecule has 0 aliphatic rings. The summed E-state index contributed by atoms with van der Waals surface area (Å²) in [4.78, 5) is 38.2. The third kappa shape index (κ3) is 60.5. The minimum atomic E-state index is -0.773. The molecule has 0 spiro atoms. The van der Waals surface area contributed by atoms with Gasteiger partial charge in [-0.1, -0.05) is 308 Å². The van der Waals surface area contributed by atoms with Gasteiger partial charge in [0.15, 0.2) is 6.10 Å². The number of allylic oxidation sites excluding steroid dienone is 6. The molecule has 1 atom stereocenters. The van der Waals surface area contributed by atoms with Gasteiger partial charge in [-0.05, 0) is 70.6 Å². The highest BCUT2D eigenvalue weighted by Gasteiger charge is 2.19. The molecule has 0 radical (unpaired) electrons. The fourth-order valence-corrected chi connectivity index (χ4v) is 9.89. The van der Waals surface area contributed by atoms with Crippen molar-refractivity contribution in [3.63, 3.8) is 0 Å². The molecule has 1 unspecified atom stereocenters. The summed E-state index contributed by atoms with van der Waals surface area (Å²) in [7, 11) is 0. The Balaban J connectivity index is 4.18. The second-order valence-electron chi connectivity index (χ2n) is 22.4. The van der Waals surface area contributed by atoms with Gasteiger partial charge in [0.1, 0.15) is 13.2 Å². The van der Waals surface area contributed by atoms with Crippen molar-refractivity contribution < 1.29 is 28.6 Å². The molecule has 0 aromatic heterocycles. The zero-order valence-corrected chi connectivity index (χ0v) is 49.9. The van der Waals surface area contributed by atoms with Gasteiger partial charge in [0, 0.05) is 19.3 Å². The van der Waals surface area contributed by atoms with Crippen LogP contribution in [0, 0.1) is 0 Å². The molecule has 0 aliphatic carbocycles. The maximum absolute atomic E-state index is 12.9. The highest BCUT2D eigenvalue weighted by atomic mass is 16.6. The van der Waals surface area contributed by atoms with Crippen LogP contribution < -0.4 is 0 Å². The van der Waals surface area contributed by atoms with E-state index in [1.54, 1.807) is 0 Å². The van der Waals surface area contributed by atoms with E-state index in [1.165, 1.54) is 244 Å². The predicted molar refractivity (Wildman–Crippen MR) is 321 cm³/mol. The average molecular weight is 1040 g/mol. The third-order valence-corrected chi connectivity index (χ3v) is 14.8. The van der Waals surface area contributed by atoms with E-state index in [1.807, 2.05) is 0 Å². The van der Waals surface area contributed by atoms with Crippen LogP contribution in [0.25, 0.3) is 0 Å². The van der Waals surface area contributed by atoms with Crippen LogP contribution in [0.2, 0.25) is 0 Å². The van der Waals surface area contributed by atoms with E-state index >= 15 is 0 Å².